The molecule has 0 bridgehead atoms. The van der Waals surface area contributed by atoms with Crippen molar-refractivity contribution < 1.29 is 24.2 Å². The highest BCUT2D eigenvalue weighted by Gasteiger charge is 2.44. The van der Waals surface area contributed by atoms with Gasteiger partial charge < -0.3 is 24.8 Å². The van der Waals surface area contributed by atoms with Crippen LogP contribution in [0.15, 0.2) is 46.9 Å². The van der Waals surface area contributed by atoms with Crippen LogP contribution in [0.4, 0.5) is 4.79 Å². The van der Waals surface area contributed by atoms with Gasteiger partial charge in [-0.25, -0.2) is 4.79 Å². The molecule has 4 rings (SSSR count). The fourth-order valence-electron chi connectivity index (χ4n) is 4.29. The van der Waals surface area contributed by atoms with Gasteiger partial charge in [-0.2, -0.15) is 0 Å². The normalized spacial score (nSPS) is 19.3. The van der Waals surface area contributed by atoms with Crippen molar-refractivity contribution in [1.29, 1.82) is 0 Å². The van der Waals surface area contributed by atoms with E-state index in [1.54, 1.807) is 30.0 Å². The second-order valence-corrected chi connectivity index (χ2v) is 8.82. The molecule has 0 aromatic heterocycles. The summed E-state index contributed by atoms with van der Waals surface area (Å²) >= 11 is 3.50. The summed E-state index contributed by atoms with van der Waals surface area (Å²) < 4.78 is 12.5. The molecule has 1 atom stereocenters. The predicted octanol–water partition coefficient (Wildman–Crippen LogP) is 4.40. The first-order valence-corrected chi connectivity index (χ1v) is 11.2. The fraction of sp³-hybridized carbons (Fsp3) is 0.391. The molecule has 0 unspecified atom stereocenters. The summed E-state index contributed by atoms with van der Waals surface area (Å²) in [6, 6.07) is 12.0. The van der Waals surface area contributed by atoms with Gasteiger partial charge in [0.25, 0.3) is 5.91 Å². The van der Waals surface area contributed by atoms with Crippen molar-refractivity contribution in [3.63, 3.8) is 0 Å². The molecule has 8 heteroatoms. The SMILES string of the molecule is CCOC(=O)N1CCC2(CC1)C[C@H](NC(=O)c1ccccc1O)c1cc(Br)ccc1O2. The minimum Gasteiger partial charge on any atom is -0.507 e. The van der Waals surface area contributed by atoms with Crippen molar-refractivity contribution in [3.8, 4) is 11.5 Å². The van der Waals surface area contributed by atoms with Crippen molar-refractivity contribution in [1.82, 2.24) is 10.2 Å². The standard InChI is InChI=1S/C23H25BrN2O5/c1-2-30-22(29)26-11-9-23(10-12-26)14-18(17-13-15(24)7-8-20(17)31-23)25-21(28)16-5-3-4-6-19(16)27/h3-8,13,18,27H,2,9-12,14H2,1H3,(H,25,28)/t18-/m0/s1. The average molecular weight is 489 g/mol. The van der Waals surface area contributed by atoms with Gasteiger partial charge in [0.15, 0.2) is 0 Å². The minimum absolute atomic E-state index is 0.0565. The van der Waals surface area contributed by atoms with E-state index in [0.29, 0.717) is 39.0 Å². The third-order valence-electron chi connectivity index (χ3n) is 5.90. The van der Waals surface area contributed by atoms with E-state index in [9.17, 15) is 14.7 Å². The molecule has 0 radical (unpaired) electrons. The van der Waals surface area contributed by atoms with E-state index in [2.05, 4.69) is 21.2 Å². The number of amides is 2. The number of phenols is 1. The number of para-hydroxylation sites is 1. The van der Waals surface area contributed by atoms with Crippen LogP contribution < -0.4 is 10.1 Å². The van der Waals surface area contributed by atoms with Gasteiger partial charge in [0.2, 0.25) is 0 Å². The van der Waals surface area contributed by atoms with Crippen LogP contribution in [0.1, 0.15) is 48.1 Å². The summed E-state index contributed by atoms with van der Waals surface area (Å²) in [5.41, 5.74) is 0.633. The number of likely N-dealkylation sites (tertiary alicyclic amines) is 1. The van der Waals surface area contributed by atoms with Crippen molar-refractivity contribution in [2.45, 2.75) is 37.8 Å². The number of hydrogen-bond acceptors (Lipinski definition) is 5. The lowest BCUT2D eigenvalue weighted by Crippen LogP contribution is -2.53. The number of hydrogen-bond donors (Lipinski definition) is 2. The van der Waals surface area contributed by atoms with E-state index < -0.39 is 5.60 Å². The summed E-state index contributed by atoms with van der Waals surface area (Å²) in [5, 5.41) is 13.2. The number of halogens is 1. The Morgan fingerprint density at radius 3 is 2.71 bits per heavy atom. The molecular weight excluding hydrogens is 464 g/mol. The number of benzene rings is 2. The Hall–Kier alpha value is -2.74. The quantitative estimate of drug-likeness (QED) is 0.668. The molecule has 1 saturated heterocycles. The smallest absolute Gasteiger partial charge is 0.409 e. The van der Waals surface area contributed by atoms with Crippen LogP contribution in [0.5, 0.6) is 11.5 Å². The largest absolute Gasteiger partial charge is 0.507 e. The number of phenolic OH excluding ortho intramolecular Hbond substituents is 1. The summed E-state index contributed by atoms with van der Waals surface area (Å²) in [6.45, 7) is 3.20. The summed E-state index contributed by atoms with van der Waals surface area (Å²) in [4.78, 5) is 26.7. The molecule has 7 nitrogen and oxygen atoms in total. The van der Waals surface area contributed by atoms with Crippen molar-refractivity contribution in [2.24, 2.45) is 0 Å². The Labute approximate surface area is 189 Å². The first-order valence-electron chi connectivity index (χ1n) is 10.4. The van der Waals surface area contributed by atoms with Crippen LogP contribution in [0, 0.1) is 0 Å². The highest BCUT2D eigenvalue weighted by molar-refractivity contribution is 9.10. The molecule has 1 spiro atoms. The zero-order valence-corrected chi connectivity index (χ0v) is 18.9. The number of piperidine rings is 1. The molecule has 2 N–H and O–H groups in total. The topological polar surface area (TPSA) is 88.1 Å². The molecule has 2 aromatic carbocycles. The van der Waals surface area contributed by atoms with Gasteiger partial charge in [0.1, 0.15) is 17.1 Å². The third kappa shape index (κ3) is 4.49. The molecule has 164 valence electrons. The van der Waals surface area contributed by atoms with E-state index in [0.717, 1.165) is 15.8 Å². The van der Waals surface area contributed by atoms with Crippen LogP contribution in [0.25, 0.3) is 0 Å². The van der Waals surface area contributed by atoms with Gasteiger partial charge in [0, 0.05) is 42.4 Å². The average Bonchev–Trinajstić information content (AvgIpc) is 2.75. The Balaban J connectivity index is 1.57. The molecule has 2 aliphatic rings. The number of nitrogens with zero attached hydrogens (tertiary/aromatic N) is 1. The van der Waals surface area contributed by atoms with E-state index in [4.69, 9.17) is 9.47 Å². The van der Waals surface area contributed by atoms with Crippen LogP contribution in [-0.4, -0.2) is 47.3 Å². The summed E-state index contributed by atoms with van der Waals surface area (Å²) in [6.07, 6.45) is 1.56. The van der Waals surface area contributed by atoms with E-state index >= 15 is 0 Å². The molecular formula is C23H25BrN2O5. The molecule has 1 fully saturated rings. The highest BCUT2D eigenvalue weighted by atomic mass is 79.9. The van der Waals surface area contributed by atoms with Crippen LogP contribution in [-0.2, 0) is 4.74 Å². The summed E-state index contributed by atoms with van der Waals surface area (Å²) in [5.74, 6) is 0.329. The van der Waals surface area contributed by atoms with Gasteiger partial charge in [0.05, 0.1) is 18.2 Å². The zero-order chi connectivity index (χ0) is 22.0. The van der Waals surface area contributed by atoms with Gasteiger partial charge in [-0.1, -0.05) is 28.1 Å². The third-order valence-corrected chi connectivity index (χ3v) is 6.40. The summed E-state index contributed by atoms with van der Waals surface area (Å²) in [7, 11) is 0. The first kappa shape index (κ1) is 21.5. The lowest BCUT2D eigenvalue weighted by Gasteiger charge is -2.46. The van der Waals surface area contributed by atoms with Crippen LogP contribution >= 0.6 is 15.9 Å². The molecule has 2 heterocycles. The first-order chi connectivity index (χ1) is 14.9. The monoisotopic (exact) mass is 488 g/mol. The number of carbonyl (C=O) groups excluding carboxylic acids is 2. The Kier molecular flexibility index (Phi) is 6.09. The molecule has 0 saturated carbocycles. The molecule has 0 aliphatic carbocycles. The maximum absolute atomic E-state index is 12.9. The van der Waals surface area contributed by atoms with Crippen molar-refractivity contribution >= 4 is 27.9 Å². The number of rotatable bonds is 3. The van der Waals surface area contributed by atoms with E-state index in [1.165, 1.54) is 6.07 Å². The van der Waals surface area contributed by atoms with E-state index in [-0.39, 0.29) is 29.4 Å². The lowest BCUT2D eigenvalue weighted by molar-refractivity contribution is -0.0233. The maximum atomic E-state index is 12.9. The second-order valence-electron chi connectivity index (χ2n) is 7.90. The maximum Gasteiger partial charge on any atom is 0.409 e. The Bertz CT molecular complexity index is 988. The molecule has 2 amide bonds. The Morgan fingerprint density at radius 2 is 2.00 bits per heavy atom. The number of aromatic hydroxyl groups is 1. The van der Waals surface area contributed by atoms with Crippen LogP contribution in [0.2, 0.25) is 0 Å². The Morgan fingerprint density at radius 1 is 1.26 bits per heavy atom. The zero-order valence-electron chi connectivity index (χ0n) is 17.3. The predicted molar refractivity (Wildman–Crippen MR) is 118 cm³/mol. The van der Waals surface area contributed by atoms with E-state index in [1.807, 2.05) is 18.2 Å². The van der Waals surface area contributed by atoms with Crippen molar-refractivity contribution in [2.75, 3.05) is 19.7 Å². The number of nitrogens with one attached hydrogen (secondary N) is 1. The molecule has 2 aliphatic heterocycles. The van der Waals surface area contributed by atoms with Crippen LogP contribution in [0.3, 0.4) is 0 Å². The number of ether oxygens (including phenoxy) is 2. The second kappa shape index (κ2) is 8.78. The number of fused-ring (bicyclic) bond motifs is 1. The van der Waals surface area contributed by atoms with Gasteiger partial charge >= 0.3 is 6.09 Å². The molecule has 2 aromatic rings. The van der Waals surface area contributed by atoms with Gasteiger partial charge in [-0.3, -0.25) is 4.79 Å². The number of carbonyl (C=O) groups is 2. The molecule has 31 heavy (non-hydrogen) atoms. The fourth-order valence-corrected chi connectivity index (χ4v) is 4.67. The highest BCUT2D eigenvalue weighted by Crippen LogP contribution is 2.45. The van der Waals surface area contributed by atoms with Gasteiger partial charge in [-0.05, 0) is 37.3 Å². The minimum atomic E-state index is -0.486. The van der Waals surface area contributed by atoms with Gasteiger partial charge in [-0.15, -0.1) is 0 Å². The lowest BCUT2D eigenvalue weighted by atomic mass is 9.80. The van der Waals surface area contributed by atoms with Crippen molar-refractivity contribution in [3.05, 3.63) is 58.1 Å².